The van der Waals surface area contributed by atoms with Gasteiger partial charge in [0.2, 0.25) is 0 Å². The number of fused-ring (bicyclic) bond motifs is 12. The summed E-state index contributed by atoms with van der Waals surface area (Å²) in [4.78, 5) is 5.31. The lowest BCUT2D eigenvalue weighted by atomic mass is 9.33. The van der Waals surface area contributed by atoms with E-state index in [1.54, 1.807) is 0 Å². The lowest BCUT2D eigenvalue weighted by Crippen LogP contribution is -2.61. The van der Waals surface area contributed by atoms with Crippen LogP contribution in [0.15, 0.2) is 237 Å². The van der Waals surface area contributed by atoms with E-state index >= 15 is 0 Å². The van der Waals surface area contributed by atoms with E-state index in [1.165, 1.54) is 175 Å². The number of anilines is 6. The molecule has 0 N–H and O–H groups in total. The first-order valence-electron chi connectivity index (χ1n) is 40.3. The first kappa shape index (κ1) is 70.6. The number of benzene rings is 12. The minimum absolute atomic E-state index is 0.0643. The fraction of sp³-hybridized carbons (Fsp3) is 0.308. The minimum atomic E-state index is -0.192. The lowest BCUT2D eigenvalue weighted by Gasteiger charge is -2.45. The van der Waals surface area contributed by atoms with Crippen LogP contribution in [-0.4, -0.2) is 15.8 Å². The van der Waals surface area contributed by atoms with Crippen LogP contribution in [0, 0.1) is 0 Å². The van der Waals surface area contributed by atoms with Gasteiger partial charge in [-0.25, -0.2) is 0 Å². The molecular formula is C104H107BN4. The minimum Gasteiger partial charge on any atom is -0.311 e. The van der Waals surface area contributed by atoms with E-state index in [1.807, 2.05) is 0 Å². The molecule has 4 aliphatic rings. The quantitative estimate of drug-likeness (QED) is 0.148. The monoisotopic (exact) mass is 1420 g/mol. The van der Waals surface area contributed by atoms with Crippen molar-refractivity contribution in [3.8, 4) is 44.8 Å². The van der Waals surface area contributed by atoms with Crippen molar-refractivity contribution in [3.05, 3.63) is 281 Å². The highest BCUT2D eigenvalue weighted by molar-refractivity contribution is 7.00. The number of rotatable bonds is 7. The average molecular weight is 1420 g/mol. The molecule has 2 aliphatic carbocycles. The van der Waals surface area contributed by atoms with Crippen LogP contribution < -0.4 is 26.2 Å². The highest BCUT2D eigenvalue weighted by Gasteiger charge is 2.46. The zero-order valence-electron chi connectivity index (χ0n) is 68.2. The third kappa shape index (κ3) is 11.5. The second-order valence-corrected chi connectivity index (χ2v) is 39.6. The van der Waals surface area contributed by atoms with E-state index in [0.29, 0.717) is 0 Å². The van der Waals surface area contributed by atoms with E-state index < -0.39 is 0 Å². The molecule has 0 bridgehead atoms. The van der Waals surface area contributed by atoms with Gasteiger partial charge in [0.05, 0.1) is 27.8 Å². The number of aromatic nitrogens is 2. The van der Waals surface area contributed by atoms with E-state index in [0.717, 1.165) is 34.1 Å². The van der Waals surface area contributed by atoms with E-state index in [9.17, 15) is 0 Å². The predicted molar refractivity (Wildman–Crippen MR) is 471 cm³/mol. The van der Waals surface area contributed by atoms with Gasteiger partial charge in [0, 0.05) is 61.4 Å². The SMILES string of the molecule is CC(C)(C)c1cc(-c2ccc3c(c2)B2c4ccc(-n5c6ccccc6c6ccccc65)cc4N(c4ccc(-c5ccc6c(c5)C(C)(C)CCC6(C)C)cc4)c4cc(-n5c6ccc(C(C)(C)C)cc6c6cc(C(C)(C)C)ccc65)cc(c42)N3c2ccc(-c3ccc4c(c3)C(C)(C)CCC4(C)C)cc2)cc(C(C)(C)C)c1. The fourth-order valence-electron chi connectivity index (χ4n) is 19.2. The van der Waals surface area contributed by atoms with E-state index in [4.69, 9.17) is 0 Å². The Kier molecular flexibility index (Phi) is 15.7. The Morgan fingerprint density at radius 2 is 0.633 bits per heavy atom. The van der Waals surface area contributed by atoms with E-state index in [-0.39, 0.29) is 50.0 Å². The van der Waals surface area contributed by atoms with Gasteiger partial charge in [-0.05, 0) is 254 Å². The normalized spacial score (nSPS) is 16.3. The number of para-hydroxylation sites is 2. The summed E-state index contributed by atoms with van der Waals surface area (Å²) in [6.07, 6.45) is 4.71. The van der Waals surface area contributed by atoms with Crippen molar-refractivity contribution in [2.45, 2.75) is 207 Å². The van der Waals surface area contributed by atoms with Crippen molar-refractivity contribution < 1.29 is 0 Å². The van der Waals surface area contributed by atoms with Crippen molar-refractivity contribution >= 4 is 101 Å². The number of hydrogen-bond acceptors (Lipinski definition) is 2. The van der Waals surface area contributed by atoms with Gasteiger partial charge in [0.15, 0.2) is 0 Å². The van der Waals surface area contributed by atoms with Crippen LogP contribution in [-0.2, 0) is 43.3 Å². The van der Waals surface area contributed by atoms with Gasteiger partial charge in [-0.1, -0.05) is 284 Å². The molecule has 0 atom stereocenters. The highest BCUT2D eigenvalue weighted by Crippen LogP contribution is 2.53. The van der Waals surface area contributed by atoms with Gasteiger partial charge in [-0.15, -0.1) is 0 Å². The maximum absolute atomic E-state index is 2.66. The van der Waals surface area contributed by atoms with Gasteiger partial charge in [0.1, 0.15) is 0 Å². The van der Waals surface area contributed by atoms with Gasteiger partial charge in [-0.2, -0.15) is 0 Å². The highest BCUT2D eigenvalue weighted by atomic mass is 15.2. The molecule has 5 heteroatoms. The Bertz CT molecular complexity index is 5930. The summed E-state index contributed by atoms with van der Waals surface area (Å²) in [5.41, 5.74) is 36.5. The first-order chi connectivity index (χ1) is 51.5. The third-order valence-corrected chi connectivity index (χ3v) is 26.3. The zero-order valence-corrected chi connectivity index (χ0v) is 68.2. The van der Waals surface area contributed by atoms with Crippen molar-refractivity contribution in [1.82, 2.24) is 9.13 Å². The Morgan fingerprint density at radius 1 is 0.257 bits per heavy atom. The van der Waals surface area contributed by atoms with Crippen molar-refractivity contribution in [2.75, 3.05) is 9.80 Å². The molecule has 0 radical (unpaired) electrons. The van der Waals surface area contributed by atoms with Gasteiger partial charge >= 0.3 is 0 Å². The van der Waals surface area contributed by atoms with Gasteiger partial charge in [-0.3, -0.25) is 0 Å². The summed E-state index contributed by atoms with van der Waals surface area (Å²) < 4.78 is 5.12. The zero-order chi connectivity index (χ0) is 76.3. The molecule has 14 aromatic rings. The molecule has 0 spiro atoms. The topological polar surface area (TPSA) is 16.3 Å². The molecule has 18 rings (SSSR count). The number of hydrogen-bond donors (Lipinski definition) is 0. The molecule has 2 aliphatic heterocycles. The summed E-state index contributed by atoms with van der Waals surface area (Å²) >= 11 is 0. The smallest absolute Gasteiger partial charge is 0.252 e. The van der Waals surface area contributed by atoms with Crippen LogP contribution in [0.4, 0.5) is 34.1 Å². The van der Waals surface area contributed by atoms with Crippen LogP contribution in [0.3, 0.4) is 0 Å². The molecule has 0 amide bonds. The second kappa shape index (κ2) is 24.2. The molecule has 546 valence electrons. The first-order valence-corrected chi connectivity index (χ1v) is 40.3. The molecule has 12 aromatic carbocycles. The Labute approximate surface area is 649 Å². The van der Waals surface area contributed by atoms with Crippen molar-refractivity contribution in [3.63, 3.8) is 0 Å². The van der Waals surface area contributed by atoms with Gasteiger partial charge < -0.3 is 18.9 Å². The van der Waals surface area contributed by atoms with Crippen molar-refractivity contribution in [1.29, 1.82) is 0 Å². The Balaban J connectivity index is 0.945. The van der Waals surface area contributed by atoms with Crippen LogP contribution in [0.2, 0.25) is 0 Å². The van der Waals surface area contributed by atoms with Crippen LogP contribution in [0.25, 0.3) is 88.4 Å². The third-order valence-electron chi connectivity index (χ3n) is 26.3. The summed E-state index contributed by atoms with van der Waals surface area (Å²) in [5, 5.41) is 5.03. The van der Waals surface area contributed by atoms with Crippen molar-refractivity contribution in [2.24, 2.45) is 0 Å². The standard InChI is InChI=1S/C104H107BN4/c1-97(2,3)70-36-47-90-80(59-70)81-60-71(98(4,5)6)37-48-91(81)109(90)77-62-94-96-95(63-77)107(75-40-31-65(32-41-75)67-34-44-83-85(56-67)104(19,20)52-50-102(83,15)16)93-61-76(108-88-27-23-21-25-78(88)79-26-22-24-28-89(79)108)42-45-86(93)105(96)87-57-68(69-53-72(99(7,8)9)58-73(54-69)100(10,11)12)35-46-92(87)106(94)74-38-29-64(30-39-74)66-33-43-82-84(55-66)103(17,18)51-49-101(82,13)14/h21-48,53-63H,49-52H2,1-20H3. The van der Waals surface area contributed by atoms with Crippen LogP contribution >= 0.6 is 0 Å². The maximum atomic E-state index is 2.66. The van der Waals surface area contributed by atoms with Gasteiger partial charge in [0.25, 0.3) is 6.71 Å². The largest absolute Gasteiger partial charge is 0.311 e. The fourth-order valence-corrected chi connectivity index (χ4v) is 19.2. The van der Waals surface area contributed by atoms with Crippen LogP contribution in [0.5, 0.6) is 0 Å². The molecule has 109 heavy (non-hydrogen) atoms. The molecule has 2 aromatic heterocycles. The summed E-state index contributed by atoms with van der Waals surface area (Å²) in [7, 11) is 0. The van der Waals surface area contributed by atoms with Crippen LogP contribution in [0.1, 0.15) is 209 Å². The molecule has 4 heterocycles. The summed E-state index contributed by atoms with van der Waals surface area (Å²) in [6, 6.07) is 94.1. The molecule has 0 fully saturated rings. The summed E-state index contributed by atoms with van der Waals surface area (Å²) in [5.74, 6) is 0. The number of nitrogens with zero attached hydrogens (tertiary/aromatic N) is 4. The van der Waals surface area contributed by atoms with E-state index in [2.05, 4.69) is 394 Å². The lowest BCUT2D eigenvalue weighted by molar-refractivity contribution is 0.332. The average Bonchev–Trinajstić information content (AvgIpc) is 1.11. The summed E-state index contributed by atoms with van der Waals surface area (Å²) in [6.45, 7) is 47.6. The molecule has 0 saturated heterocycles. The predicted octanol–water partition coefficient (Wildman–Crippen LogP) is 26.9. The molecular weight excluding hydrogens is 1320 g/mol. The molecule has 4 nitrogen and oxygen atoms in total. The maximum Gasteiger partial charge on any atom is 0.252 e. The molecule has 0 unspecified atom stereocenters. The second-order valence-electron chi connectivity index (χ2n) is 39.6. The Morgan fingerprint density at radius 3 is 1.09 bits per heavy atom. The molecule has 0 saturated carbocycles. The Hall–Kier alpha value is -10.1.